The van der Waals surface area contributed by atoms with E-state index in [2.05, 4.69) is 34.7 Å². The van der Waals surface area contributed by atoms with Gasteiger partial charge in [0.25, 0.3) is 0 Å². The summed E-state index contributed by atoms with van der Waals surface area (Å²) in [5.41, 5.74) is 2.13. The van der Waals surface area contributed by atoms with Gasteiger partial charge in [-0.25, -0.2) is 0 Å². The molecule has 0 saturated carbocycles. The van der Waals surface area contributed by atoms with E-state index < -0.39 is 0 Å². The molecule has 2 aromatic rings. The number of benzene rings is 1. The monoisotopic (exact) mass is 246 g/mol. The van der Waals surface area contributed by atoms with Crippen molar-refractivity contribution in [2.45, 2.75) is 33.4 Å². The van der Waals surface area contributed by atoms with E-state index in [1.807, 2.05) is 31.2 Å². The van der Waals surface area contributed by atoms with Crippen LogP contribution in [0.1, 0.15) is 25.3 Å². The van der Waals surface area contributed by atoms with Gasteiger partial charge in [-0.3, -0.25) is 0 Å². The first-order valence-electron chi connectivity index (χ1n) is 6.03. The fourth-order valence-corrected chi connectivity index (χ4v) is 1.51. The Labute approximate surface area is 107 Å². The van der Waals surface area contributed by atoms with Gasteiger partial charge in [-0.15, -0.1) is 5.10 Å². The summed E-state index contributed by atoms with van der Waals surface area (Å²) in [6.07, 6.45) is 0. The molecule has 5 heteroatoms. The van der Waals surface area contributed by atoms with Gasteiger partial charge in [0.05, 0.1) is 6.54 Å². The smallest absolute Gasteiger partial charge is 0.320 e. The molecule has 1 aromatic heterocycles. The van der Waals surface area contributed by atoms with Gasteiger partial charge in [0.15, 0.2) is 0 Å². The van der Waals surface area contributed by atoms with Crippen LogP contribution in [0.3, 0.4) is 0 Å². The van der Waals surface area contributed by atoms with E-state index in [1.54, 1.807) is 0 Å². The fraction of sp³-hybridized carbons (Fsp3) is 0.385. The molecular formula is C13H18N4O. The predicted molar refractivity (Wildman–Crippen MR) is 70.7 cm³/mol. The number of hydrogen-bond acceptors (Lipinski definition) is 5. The van der Waals surface area contributed by atoms with Gasteiger partial charge in [0.2, 0.25) is 5.89 Å². The topological polar surface area (TPSA) is 63.0 Å². The lowest BCUT2D eigenvalue weighted by molar-refractivity contribution is 0.460. The minimum absolute atomic E-state index is 0.394. The van der Waals surface area contributed by atoms with Crippen LogP contribution in [0.5, 0.6) is 0 Å². The zero-order valence-corrected chi connectivity index (χ0v) is 10.9. The number of hydrogen-bond donors (Lipinski definition) is 2. The average molecular weight is 246 g/mol. The Morgan fingerprint density at radius 2 is 2.11 bits per heavy atom. The van der Waals surface area contributed by atoms with Crippen molar-refractivity contribution in [3.05, 3.63) is 35.7 Å². The maximum atomic E-state index is 5.48. The molecule has 0 spiro atoms. The van der Waals surface area contributed by atoms with Crippen molar-refractivity contribution in [1.29, 1.82) is 0 Å². The number of rotatable bonds is 5. The van der Waals surface area contributed by atoms with Crippen LogP contribution in [0.4, 0.5) is 11.7 Å². The molecular weight excluding hydrogens is 228 g/mol. The Morgan fingerprint density at radius 3 is 2.83 bits per heavy atom. The molecule has 2 N–H and O–H groups in total. The first-order chi connectivity index (χ1) is 8.63. The summed E-state index contributed by atoms with van der Waals surface area (Å²) >= 11 is 0. The highest BCUT2D eigenvalue weighted by Crippen LogP contribution is 2.16. The number of nitrogens with one attached hydrogen (secondary N) is 2. The van der Waals surface area contributed by atoms with Crippen LogP contribution in [-0.4, -0.2) is 16.2 Å². The highest BCUT2D eigenvalue weighted by atomic mass is 16.4. The normalized spacial score (nSPS) is 10.9. The van der Waals surface area contributed by atoms with Gasteiger partial charge in [0.1, 0.15) is 0 Å². The lowest BCUT2D eigenvalue weighted by Crippen LogP contribution is -2.21. The van der Waals surface area contributed by atoms with Crippen LogP contribution in [0.25, 0.3) is 0 Å². The van der Waals surface area contributed by atoms with E-state index in [0.717, 1.165) is 5.69 Å². The molecule has 96 valence electrons. The summed E-state index contributed by atoms with van der Waals surface area (Å²) in [6.45, 7) is 6.77. The third-order valence-corrected chi connectivity index (χ3v) is 2.40. The van der Waals surface area contributed by atoms with Crippen LogP contribution in [0.15, 0.2) is 28.7 Å². The van der Waals surface area contributed by atoms with Crippen LogP contribution in [-0.2, 0) is 6.54 Å². The third-order valence-electron chi connectivity index (χ3n) is 2.40. The van der Waals surface area contributed by atoms with Gasteiger partial charge in [-0.2, -0.15) is 0 Å². The zero-order valence-electron chi connectivity index (χ0n) is 10.9. The van der Waals surface area contributed by atoms with Gasteiger partial charge < -0.3 is 15.1 Å². The van der Waals surface area contributed by atoms with E-state index in [9.17, 15) is 0 Å². The first-order valence-corrected chi connectivity index (χ1v) is 6.03. The SMILES string of the molecule is Cc1cccc(Nc2nnc(CNC(C)C)o2)c1. The average Bonchev–Trinajstić information content (AvgIpc) is 2.74. The summed E-state index contributed by atoms with van der Waals surface area (Å²) in [4.78, 5) is 0. The van der Waals surface area contributed by atoms with Crippen molar-refractivity contribution < 1.29 is 4.42 Å². The Morgan fingerprint density at radius 1 is 1.28 bits per heavy atom. The van der Waals surface area contributed by atoms with Crippen molar-refractivity contribution in [3.8, 4) is 0 Å². The van der Waals surface area contributed by atoms with Crippen molar-refractivity contribution in [2.75, 3.05) is 5.32 Å². The summed E-state index contributed by atoms with van der Waals surface area (Å²) in [5.74, 6) is 0.582. The molecule has 5 nitrogen and oxygen atoms in total. The Hall–Kier alpha value is -1.88. The van der Waals surface area contributed by atoms with E-state index >= 15 is 0 Å². The molecule has 0 saturated heterocycles. The quantitative estimate of drug-likeness (QED) is 0.849. The lowest BCUT2D eigenvalue weighted by atomic mass is 10.2. The van der Waals surface area contributed by atoms with E-state index in [1.165, 1.54) is 5.56 Å². The standard InChI is InChI=1S/C13H18N4O/c1-9(2)14-8-12-16-17-13(18-12)15-11-6-4-5-10(3)7-11/h4-7,9,14H,8H2,1-3H3,(H,15,17). The second-order valence-corrected chi connectivity index (χ2v) is 4.53. The maximum absolute atomic E-state index is 5.48. The highest BCUT2D eigenvalue weighted by molar-refractivity contribution is 5.52. The van der Waals surface area contributed by atoms with Crippen LogP contribution >= 0.6 is 0 Å². The fourth-order valence-electron chi connectivity index (χ4n) is 1.51. The van der Waals surface area contributed by atoms with Crippen molar-refractivity contribution in [2.24, 2.45) is 0 Å². The summed E-state index contributed by atoms with van der Waals surface area (Å²) in [6, 6.07) is 8.82. The molecule has 0 aliphatic carbocycles. The molecule has 0 bridgehead atoms. The minimum atomic E-state index is 0.394. The van der Waals surface area contributed by atoms with Crippen LogP contribution in [0, 0.1) is 6.92 Å². The Kier molecular flexibility index (Phi) is 3.94. The molecule has 0 unspecified atom stereocenters. The van der Waals surface area contributed by atoms with Gasteiger partial charge >= 0.3 is 6.01 Å². The van der Waals surface area contributed by atoms with Gasteiger partial charge in [-0.1, -0.05) is 31.1 Å². The Balaban J connectivity index is 1.98. The predicted octanol–water partition coefficient (Wildman–Crippen LogP) is 2.62. The molecule has 1 aromatic carbocycles. The molecule has 0 fully saturated rings. The first kappa shape index (κ1) is 12.6. The molecule has 2 rings (SSSR count). The number of aromatic nitrogens is 2. The van der Waals surface area contributed by atoms with Crippen molar-refractivity contribution in [1.82, 2.24) is 15.5 Å². The molecule has 1 heterocycles. The van der Waals surface area contributed by atoms with Crippen molar-refractivity contribution in [3.63, 3.8) is 0 Å². The second kappa shape index (κ2) is 5.64. The largest absolute Gasteiger partial charge is 0.406 e. The number of anilines is 2. The lowest BCUT2D eigenvalue weighted by Gasteiger charge is -2.04. The zero-order chi connectivity index (χ0) is 13.0. The molecule has 18 heavy (non-hydrogen) atoms. The van der Waals surface area contributed by atoms with E-state index in [4.69, 9.17) is 4.42 Å². The summed E-state index contributed by atoms with van der Waals surface area (Å²) in [5, 5.41) is 14.2. The minimum Gasteiger partial charge on any atom is -0.406 e. The highest BCUT2D eigenvalue weighted by Gasteiger charge is 2.06. The summed E-state index contributed by atoms with van der Waals surface area (Å²) < 4.78 is 5.48. The van der Waals surface area contributed by atoms with E-state index in [-0.39, 0.29) is 0 Å². The molecule has 0 aliphatic rings. The van der Waals surface area contributed by atoms with E-state index in [0.29, 0.717) is 24.5 Å². The van der Waals surface area contributed by atoms with Crippen molar-refractivity contribution >= 4 is 11.7 Å². The third kappa shape index (κ3) is 3.56. The van der Waals surface area contributed by atoms with Gasteiger partial charge in [0, 0.05) is 11.7 Å². The molecule has 0 aliphatic heterocycles. The maximum Gasteiger partial charge on any atom is 0.320 e. The molecule has 0 atom stereocenters. The van der Waals surface area contributed by atoms with Crippen LogP contribution in [0.2, 0.25) is 0 Å². The van der Waals surface area contributed by atoms with Crippen LogP contribution < -0.4 is 10.6 Å². The Bertz CT molecular complexity index is 507. The molecule has 0 radical (unpaired) electrons. The number of aryl methyl sites for hydroxylation is 1. The number of nitrogens with zero attached hydrogens (tertiary/aromatic N) is 2. The second-order valence-electron chi connectivity index (χ2n) is 4.53. The molecule has 0 amide bonds. The van der Waals surface area contributed by atoms with Gasteiger partial charge in [-0.05, 0) is 24.6 Å². The summed E-state index contributed by atoms with van der Waals surface area (Å²) in [7, 11) is 0.